The van der Waals surface area contributed by atoms with Crippen LogP contribution in [0.2, 0.25) is 0 Å². The molecule has 0 unspecified atom stereocenters. The third kappa shape index (κ3) is 4.95. The molecule has 0 bridgehead atoms. The summed E-state index contributed by atoms with van der Waals surface area (Å²) >= 11 is 1.99. The summed E-state index contributed by atoms with van der Waals surface area (Å²) in [6.45, 7) is 4.14. The van der Waals surface area contributed by atoms with Crippen molar-refractivity contribution in [1.29, 1.82) is 0 Å². The van der Waals surface area contributed by atoms with Crippen LogP contribution in [0.5, 0.6) is 11.5 Å². The van der Waals surface area contributed by atoms with E-state index in [1.54, 1.807) is 30.9 Å². The number of carbonyl (C=O) groups excluding carboxylic acids is 2. The molecule has 1 aliphatic heterocycles. The molecule has 2 N–H and O–H groups in total. The third-order valence-corrected chi connectivity index (χ3v) is 5.98. The number of allylic oxidation sites excluding steroid dienone is 1. The molecule has 31 heavy (non-hydrogen) atoms. The van der Waals surface area contributed by atoms with Crippen LogP contribution in [-0.4, -0.2) is 42.3 Å². The number of rotatable bonds is 7. The van der Waals surface area contributed by atoms with E-state index >= 15 is 0 Å². The minimum atomic E-state index is -0.720. The van der Waals surface area contributed by atoms with Gasteiger partial charge < -0.3 is 19.9 Å². The number of esters is 1. The highest BCUT2D eigenvalue weighted by Gasteiger charge is 2.37. The summed E-state index contributed by atoms with van der Waals surface area (Å²) in [5.74, 6) is -0.211. The SMILES string of the molecule is CCOC(=O)C1=C(C)N(CCc2ccccc2)C(=O)N[C@H]1c1cc(I)c(O)c(OC)c1. The second-order valence-corrected chi connectivity index (χ2v) is 8.21. The fraction of sp³-hybridized carbons (Fsp3) is 0.304. The van der Waals surface area contributed by atoms with Crippen molar-refractivity contribution in [3.05, 3.63) is 68.4 Å². The highest BCUT2D eigenvalue weighted by Crippen LogP contribution is 2.38. The Labute approximate surface area is 195 Å². The zero-order valence-corrected chi connectivity index (χ0v) is 19.8. The van der Waals surface area contributed by atoms with E-state index in [1.807, 2.05) is 52.9 Å². The topological polar surface area (TPSA) is 88.1 Å². The highest BCUT2D eigenvalue weighted by molar-refractivity contribution is 14.1. The Bertz CT molecular complexity index is 1010. The number of nitrogens with one attached hydrogen (secondary N) is 1. The summed E-state index contributed by atoms with van der Waals surface area (Å²) in [4.78, 5) is 27.4. The van der Waals surface area contributed by atoms with Crippen LogP contribution in [0.25, 0.3) is 0 Å². The number of nitrogens with zero attached hydrogens (tertiary/aromatic N) is 1. The number of benzene rings is 2. The van der Waals surface area contributed by atoms with Gasteiger partial charge in [-0.05, 0) is 66.1 Å². The van der Waals surface area contributed by atoms with Gasteiger partial charge in [-0.2, -0.15) is 0 Å². The average molecular weight is 536 g/mol. The molecular weight excluding hydrogens is 511 g/mol. The maximum atomic E-state index is 13.0. The van der Waals surface area contributed by atoms with Crippen molar-refractivity contribution in [1.82, 2.24) is 10.2 Å². The van der Waals surface area contributed by atoms with E-state index < -0.39 is 12.0 Å². The first-order chi connectivity index (χ1) is 14.9. The Hall–Kier alpha value is -2.75. The zero-order valence-electron chi connectivity index (χ0n) is 17.6. The molecule has 7 nitrogen and oxygen atoms in total. The van der Waals surface area contributed by atoms with Gasteiger partial charge in [-0.1, -0.05) is 30.3 Å². The maximum absolute atomic E-state index is 13.0. The number of hydrogen-bond acceptors (Lipinski definition) is 5. The number of hydrogen-bond donors (Lipinski definition) is 2. The van der Waals surface area contributed by atoms with Crippen molar-refractivity contribution in [3.8, 4) is 11.5 Å². The Morgan fingerprint density at radius 2 is 1.97 bits per heavy atom. The number of ether oxygens (including phenoxy) is 2. The first-order valence-electron chi connectivity index (χ1n) is 9.93. The molecule has 0 spiro atoms. The van der Waals surface area contributed by atoms with E-state index in [-0.39, 0.29) is 24.1 Å². The molecule has 2 aromatic rings. The average Bonchev–Trinajstić information content (AvgIpc) is 2.75. The Morgan fingerprint density at radius 1 is 1.26 bits per heavy atom. The lowest BCUT2D eigenvalue weighted by atomic mass is 9.94. The molecule has 0 aliphatic carbocycles. The molecule has 164 valence electrons. The summed E-state index contributed by atoms with van der Waals surface area (Å²) in [6.07, 6.45) is 0.650. The summed E-state index contributed by atoms with van der Waals surface area (Å²) in [7, 11) is 1.45. The first-order valence-corrected chi connectivity index (χ1v) is 11.0. The van der Waals surface area contributed by atoms with Crippen molar-refractivity contribution in [2.75, 3.05) is 20.3 Å². The highest BCUT2D eigenvalue weighted by atomic mass is 127. The van der Waals surface area contributed by atoms with Gasteiger partial charge in [0.1, 0.15) is 0 Å². The molecule has 2 aromatic carbocycles. The van der Waals surface area contributed by atoms with Crippen LogP contribution in [0.3, 0.4) is 0 Å². The third-order valence-electron chi connectivity index (χ3n) is 5.16. The van der Waals surface area contributed by atoms with Gasteiger partial charge in [-0.3, -0.25) is 4.90 Å². The van der Waals surface area contributed by atoms with E-state index in [0.29, 0.717) is 33.4 Å². The lowest BCUT2D eigenvalue weighted by molar-refractivity contribution is -0.139. The van der Waals surface area contributed by atoms with Crippen molar-refractivity contribution < 1.29 is 24.2 Å². The molecule has 1 aliphatic rings. The van der Waals surface area contributed by atoms with E-state index in [2.05, 4.69) is 5.32 Å². The van der Waals surface area contributed by atoms with E-state index in [4.69, 9.17) is 9.47 Å². The number of halogens is 1. The van der Waals surface area contributed by atoms with Crippen LogP contribution in [-0.2, 0) is 16.0 Å². The Morgan fingerprint density at radius 3 is 2.61 bits per heavy atom. The molecule has 0 aromatic heterocycles. The number of aromatic hydroxyl groups is 1. The molecule has 8 heteroatoms. The van der Waals surface area contributed by atoms with Crippen LogP contribution < -0.4 is 10.1 Å². The molecule has 1 atom stereocenters. The van der Waals surface area contributed by atoms with Crippen molar-refractivity contribution in [2.24, 2.45) is 0 Å². The predicted molar refractivity (Wildman–Crippen MR) is 125 cm³/mol. The van der Waals surface area contributed by atoms with Gasteiger partial charge in [0.15, 0.2) is 11.5 Å². The molecule has 2 amide bonds. The van der Waals surface area contributed by atoms with E-state index in [9.17, 15) is 14.7 Å². The molecule has 3 rings (SSSR count). The fourth-order valence-corrected chi connectivity index (χ4v) is 4.20. The van der Waals surface area contributed by atoms with Gasteiger partial charge in [0.2, 0.25) is 0 Å². The van der Waals surface area contributed by atoms with Crippen LogP contribution in [0, 0.1) is 3.57 Å². The van der Waals surface area contributed by atoms with Gasteiger partial charge in [0.05, 0.1) is 28.9 Å². The van der Waals surface area contributed by atoms with Crippen molar-refractivity contribution in [3.63, 3.8) is 0 Å². The predicted octanol–water partition coefficient (Wildman–Crippen LogP) is 4.15. The Kier molecular flexibility index (Phi) is 7.42. The normalized spacial score (nSPS) is 16.2. The maximum Gasteiger partial charge on any atom is 0.338 e. The van der Waals surface area contributed by atoms with Crippen LogP contribution in [0.1, 0.15) is 31.0 Å². The molecule has 0 fully saturated rings. The first kappa shape index (κ1) is 22.9. The van der Waals surface area contributed by atoms with Crippen molar-refractivity contribution >= 4 is 34.6 Å². The van der Waals surface area contributed by atoms with Crippen molar-refractivity contribution in [2.45, 2.75) is 26.3 Å². The molecule has 0 saturated carbocycles. The Balaban J connectivity index is 2.01. The molecule has 0 saturated heterocycles. The smallest absolute Gasteiger partial charge is 0.338 e. The zero-order chi connectivity index (χ0) is 22.5. The number of carbonyl (C=O) groups is 2. The lowest BCUT2D eigenvalue weighted by Crippen LogP contribution is -2.48. The second-order valence-electron chi connectivity index (χ2n) is 7.04. The van der Waals surface area contributed by atoms with E-state index in [0.717, 1.165) is 5.56 Å². The number of urea groups is 1. The standard InChI is InChI=1S/C23H25IN2O5/c1-4-31-22(28)19-14(2)26(11-10-15-8-6-5-7-9-15)23(29)25-20(19)16-12-17(24)21(27)18(13-16)30-3/h5-9,12-13,20,27H,4,10-11H2,1-3H3,(H,25,29)/t20-/m0/s1. The van der Waals surface area contributed by atoms with E-state index in [1.165, 1.54) is 7.11 Å². The van der Waals surface area contributed by atoms with Crippen LogP contribution >= 0.6 is 22.6 Å². The molecule has 1 heterocycles. The van der Waals surface area contributed by atoms with Crippen LogP contribution in [0.15, 0.2) is 53.7 Å². The minimum absolute atomic E-state index is 0.0110. The number of amides is 2. The summed E-state index contributed by atoms with van der Waals surface area (Å²) in [6, 6.07) is 12.2. The summed E-state index contributed by atoms with van der Waals surface area (Å²) in [5.41, 5.74) is 2.63. The van der Waals surface area contributed by atoms with Gasteiger partial charge in [0.25, 0.3) is 0 Å². The second kappa shape index (κ2) is 10.0. The van der Waals surface area contributed by atoms with Gasteiger partial charge in [-0.25, -0.2) is 9.59 Å². The summed E-state index contributed by atoms with van der Waals surface area (Å²) < 4.78 is 11.1. The quantitative estimate of drug-likeness (QED) is 0.410. The monoisotopic (exact) mass is 536 g/mol. The largest absolute Gasteiger partial charge is 0.504 e. The van der Waals surface area contributed by atoms with Gasteiger partial charge in [-0.15, -0.1) is 0 Å². The van der Waals surface area contributed by atoms with Crippen LogP contribution in [0.4, 0.5) is 4.79 Å². The molecule has 0 radical (unpaired) electrons. The van der Waals surface area contributed by atoms with Gasteiger partial charge >= 0.3 is 12.0 Å². The fourth-order valence-electron chi connectivity index (χ4n) is 3.58. The number of phenolic OH excluding ortho intramolecular Hbond substituents is 1. The lowest BCUT2D eigenvalue weighted by Gasteiger charge is -2.35. The number of methoxy groups -OCH3 is 1. The van der Waals surface area contributed by atoms with Gasteiger partial charge in [0, 0.05) is 12.2 Å². The number of phenols is 1. The molecular formula is C23H25IN2O5. The minimum Gasteiger partial charge on any atom is -0.504 e. The summed E-state index contributed by atoms with van der Waals surface area (Å²) in [5, 5.41) is 13.1.